The van der Waals surface area contributed by atoms with Crippen LogP contribution in [0, 0.1) is 0 Å². The van der Waals surface area contributed by atoms with E-state index in [1.54, 1.807) is 12.3 Å². The zero-order valence-corrected chi connectivity index (χ0v) is 10.2. The van der Waals surface area contributed by atoms with Crippen LogP contribution >= 0.6 is 0 Å². The van der Waals surface area contributed by atoms with Gasteiger partial charge in [0, 0.05) is 18.5 Å². The third-order valence-corrected chi connectivity index (χ3v) is 2.82. The number of rotatable bonds is 3. The van der Waals surface area contributed by atoms with Gasteiger partial charge in [-0.15, -0.1) is 0 Å². The van der Waals surface area contributed by atoms with E-state index in [9.17, 15) is 4.79 Å². The van der Waals surface area contributed by atoms with Crippen LogP contribution in [-0.4, -0.2) is 9.38 Å². The highest BCUT2D eigenvalue weighted by Crippen LogP contribution is 2.17. The Morgan fingerprint density at radius 1 is 1.05 bits per heavy atom. The molecule has 4 heteroatoms. The summed E-state index contributed by atoms with van der Waals surface area (Å²) in [5.74, 6) is 0.601. The predicted octanol–water partition coefficient (Wildman–Crippen LogP) is 2.27. The van der Waals surface area contributed by atoms with E-state index in [0.717, 1.165) is 5.56 Å². The van der Waals surface area contributed by atoms with E-state index in [0.29, 0.717) is 18.0 Å². The number of hydrogen-bond donors (Lipinski definition) is 0. The van der Waals surface area contributed by atoms with Gasteiger partial charge in [0.2, 0.25) is 0 Å². The SMILES string of the molecule is O=c1ccnc2c(OCc3ccccc3)cccn12. The van der Waals surface area contributed by atoms with Gasteiger partial charge in [-0.1, -0.05) is 30.3 Å². The Morgan fingerprint density at radius 2 is 1.89 bits per heavy atom. The molecule has 3 rings (SSSR count). The molecular weight excluding hydrogens is 240 g/mol. The summed E-state index contributed by atoms with van der Waals surface area (Å²) in [6, 6.07) is 14.9. The van der Waals surface area contributed by atoms with Gasteiger partial charge < -0.3 is 4.74 Å². The third kappa shape index (κ3) is 2.33. The molecule has 2 aromatic heterocycles. The molecule has 0 aliphatic carbocycles. The minimum atomic E-state index is -0.116. The molecule has 2 heterocycles. The quantitative estimate of drug-likeness (QED) is 0.718. The molecule has 0 amide bonds. The van der Waals surface area contributed by atoms with Crippen LogP contribution in [0.5, 0.6) is 5.75 Å². The lowest BCUT2D eigenvalue weighted by Gasteiger charge is -2.08. The first-order valence-electron chi connectivity index (χ1n) is 5.98. The second-order valence-corrected chi connectivity index (χ2v) is 4.12. The van der Waals surface area contributed by atoms with Gasteiger partial charge >= 0.3 is 0 Å². The molecule has 0 spiro atoms. The van der Waals surface area contributed by atoms with Gasteiger partial charge in [0.25, 0.3) is 5.56 Å². The molecule has 0 fully saturated rings. The van der Waals surface area contributed by atoms with Crippen molar-refractivity contribution in [2.45, 2.75) is 6.61 Å². The fraction of sp³-hybridized carbons (Fsp3) is 0.0667. The van der Waals surface area contributed by atoms with Crippen LogP contribution in [0.3, 0.4) is 0 Å². The number of benzene rings is 1. The van der Waals surface area contributed by atoms with Crippen LogP contribution < -0.4 is 10.3 Å². The number of pyridine rings is 1. The summed E-state index contributed by atoms with van der Waals surface area (Å²) in [6.45, 7) is 0.450. The summed E-state index contributed by atoms with van der Waals surface area (Å²) in [6.07, 6.45) is 3.17. The molecule has 0 aliphatic heterocycles. The maximum atomic E-state index is 11.7. The van der Waals surface area contributed by atoms with E-state index in [1.807, 2.05) is 36.4 Å². The molecule has 0 aliphatic rings. The Morgan fingerprint density at radius 3 is 2.74 bits per heavy atom. The number of fused-ring (bicyclic) bond motifs is 1. The van der Waals surface area contributed by atoms with Gasteiger partial charge in [-0.05, 0) is 17.7 Å². The Balaban J connectivity index is 1.93. The normalized spacial score (nSPS) is 10.5. The Bertz CT molecular complexity index is 751. The van der Waals surface area contributed by atoms with Crippen molar-refractivity contribution in [3.8, 4) is 5.75 Å². The van der Waals surface area contributed by atoms with Crippen molar-refractivity contribution < 1.29 is 4.74 Å². The molecule has 0 unspecified atom stereocenters. The van der Waals surface area contributed by atoms with E-state index in [4.69, 9.17) is 4.74 Å². The number of nitrogens with zero attached hydrogens (tertiary/aromatic N) is 2. The minimum absolute atomic E-state index is 0.116. The predicted molar refractivity (Wildman–Crippen MR) is 72.2 cm³/mol. The smallest absolute Gasteiger partial charge is 0.257 e. The van der Waals surface area contributed by atoms with Gasteiger partial charge in [-0.2, -0.15) is 0 Å². The maximum absolute atomic E-state index is 11.7. The van der Waals surface area contributed by atoms with E-state index >= 15 is 0 Å². The average Bonchev–Trinajstić information content (AvgIpc) is 2.47. The van der Waals surface area contributed by atoms with E-state index in [-0.39, 0.29) is 5.56 Å². The van der Waals surface area contributed by atoms with Crippen LogP contribution in [0.1, 0.15) is 5.56 Å². The summed E-state index contributed by atoms with van der Waals surface area (Å²) in [5.41, 5.74) is 1.49. The van der Waals surface area contributed by atoms with Crippen LogP contribution in [-0.2, 0) is 6.61 Å². The number of ether oxygens (including phenoxy) is 1. The molecule has 19 heavy (non-hydrogen) atoms. The minimum Gasteiger partial charge on any atom is -0.485 e. The molecule has 4 nitrogen and oxygen atoms in total. The Hall–Kier alpha value is -2.62. The summed E-state index contributed by atoms with van der Waals surface area (Å²) in [7, 11) is 0. The first kappa shape index (κ1) is 11.5. The molecular formula is C15H12N2O2. The molecule has 0 saturated carbocycles. The molecule has 0 saturated heterocycles. The Kier molecular flexibility index (Phi) is 2.98. The van der Waals surface area contributed by atoms with Crippen molar-refractivity contribution in [3.05, 3.63) is 76.8 Å². The molecule has 1 aromatic carbocycles. The van der Waals surface area contributed by atoms with E-state index in [1.165, 1.54) is 16.7 Å². The van der Waals surface area contributed by atoms with Crippen LogP contribution in [0.15, 0.2) is 65.7 Å². The lowest BCUT2D eigenvalue weighted by Crippen LogP contribution is -2.13. The monoisotopic (exact) mass is 252 g/mol. The molecule has 94 valence electrons. The van der Waals surface area contributed by atoms with E-state index in [2.05, 4.69) is 4.98 Å². The fourth-order valence-corrected chi connectivity index (χ4v) is 1.88. The van der Waals surface area contributed by atoms with Gasteiger partial charge in [-0.3, -0.25) is 9.20 Å². The van der Waals surface area contributed by atoms with Crippen molar-refractivity contribution in [1.29, 1.82) is 0 Å². The first-order chi connectivity index (χ1) is 9.34. The summed E-state index contributed by atoms with van der Waals surface area (Å²) < 4.78 is 7.21. The summed E-state index contributed by atoms with van der Waals surface area (Å²) >= 11 is 0. The van der Waals surface area contributed by atoms with Crippen molar-refractivity contribution in [2.24, 2.45) is 0 Å². The zero-order chi connectivity index (χ0) is 13.1. The van der Waals surface area contributed by atoms with Gasteiger partial charge in [0.05, 0.1) is 0 Å². The Labute approximate surface area is 109 Å². The van der Waals surface area contributed by atoms with Crippen LogP contribution in [0.2, 0.25) is 0 Å². The van der Waals surface area contributed by atoms with Crippen LogP contribution in [0.4, 0.5) is 0 Å². The second-order valence-electron chi connectivity index (χ2n) is 4.12. The van der Waals surface area contributed by atoms with Gasteiger partial charge in [0.15, 0.2) is 11.4 Å². The highest BCUT2D eigenvalue weighted by molar-refractivity contribution is 5.52. The zero-order valence-electron chi connectivity index (χ0n) is 10.2. The van der Waals surface area contributed by atoms with Crippen molar-refractivity contribution in [2.75, 3.05) is 0 Å². The van der Waals surface area contributed by atoms with Gasteiger partial charge in [-0.25, -0.2) is 4.98 Å². The van der Waals surface area contributed by atoms with Crippen LogP contribution in [0.25, 0.3) is 5.65 Å². The molecule has 0 N–H and O–H groups in total. The fourth-order valence-electron chi connectivity index (χ4n) is 1.88. The first-order valence-corrected chi connectivity index (χ1v) is 5.98. The van der Waals surface area contributed by atoms with Crippen molar-refractivity contribution >= 4 is 5.65 Å². The second kappa shape index (κ2) is 4.94. The van der Waals surface area contributed by atoms with Crippen molar-refractivity contribution in [3.63, 3.8) is 0 Å². The van der Waals surface area contributed by atoms with Gasteiger partial charge in [0.1, 0.15) is 6.61 Å². The molecule has 0 bridgehead atoms. The largest absolute Gasteiger partial charge is 0.485 e. The summed E-state index contributed by atoms with van der Waals surface area (Å²) in [5, 5.41) is 0. The number of hydrogen-bond acceptors (Lipinski definition) is 3. The van der Waals surface area contributed by atoms with E-state index < -0.39 is 0 Å². The number of aromatic nitrogens is 2. The summed E-state index contributed by atoms with van der Waals surface area (Å²) in [4.78, 5) is 15.9. The standard InChI is InChI=1S/C15H12N2O2/c18-14-8-9-16-15-13(7-4-10-17(14)15)19-11-12-5-2-1-3-6-12/h1-10H,11H2. The third-order valence-electron chi connectivity index (χ3n) is 2.82. The lowest BCUT2D eigenvalue weighted by molar-refractivity contribution is 0.308. The average molecular weight is 252 g/mol. The topological polar surface area (TPSA) is 43.6 Å². The van der Waals surface area contributed by atoms with Crippen molar-refractivity contribution in [1.82, 2.24) is 9.38 Å². The highest BCUT2D eigenvalue weighted by Gasteiger charge is 2.04. The highest BCUT2D eigenvalue weighted by atomic mass is 16.5. The molecule has 0 radical (unpaired) electrons. The molecule has 0 atom stereocenters. The maximum Gasteiger partial charge on any atom is 0.257 e. The lowest BCUT2D eigenvalue weighted by atomic mass is 10.2. The molecule has 3 aromatic rings.